The predicted molar refractivity (Wildman–Crippen MR) is 182 cm³/mol. The first-order valence-corrected chi connectivity index (χ1v) is 16.5. The van der Waals surface area contributed by atoms with Gasteiger partial charge in [-0.05, 0) is 18.8 Å². The molecule has 0 aliphatic heterocycles. The fourth-order valence-corrected chi connectivity index (χ4v) is 3.27. The third kappa shape index (κ3) is 36.2. The largest absolute Gasteiger partial charge is 0.370 e. The van der Waals surface area contributed by atoms with E-state index in [0.717, 1.165) is 30.9 Å². The van der Waals surface area contributed by atoms with Crippen LogP contribution in [0.4, 0.5) is 0 Å². The number of primary amides is 2. The Morgan fingerprint density at radius 1 is 0.696 bits per heavy atom. The highest BCUT2D eigenvalue weighted by Gasteiger charge is 2.18. The van der Waals surface area contributed by atoms with Crippen LogP contribution in [0.1, 0.15) is 113 Å². The average Bonchev–Trinajstić information content (AvgIpc) is 3.06. The van der Waals surface area contributed by atoms with Crippen LogP contribution in [0.15, 0.2) is 12.2 Å². The van der Waals surface area contributed by atoms with E-state index in [9.17, 15) is 33.6 Å². The lowest BCUT2D eigenvalue weighted by Crippen LogP contribution is -2.50. The minimum absolute atomic E-state index is 0.245. The van der Waals surface area contributed by atoms with Crippen molar-refractivity contribution in [3.05, 3.63) is 12.2 Å². The van der Waals surface area contributed by atoms with E-state index in [0.29, 0.717) is 19.4 Å². The van der Waals surface area contributed by atoms with Gasteiger partial charge in [0, 0.05) is 25.1 Å². The molecule has 0 aromatic heterocycles. The molecule has 14 nitrogen and oxygen atoms in total. The average molecular weight is 658 g/mol. The Bertz CT molecular complexity index is 890. The van der Waals surface area contributed by atoms with Crippen LogP contribution >= 0.6 is 0 Å². The van der Waals surface area contributed by atoms with Gasteiger partial charge in [-0.1, -0.05) is 93.9 Å². The standard InChI is InChI=1S/C18H30N6O6.C7H14.C3H7NO.2C2H6/c1-3-5-8-20-18(30)12(4-2)24-17(29)11-23-16(28)10-22-15(27)7-6-14(26)21-9-13(19)25;1-7-5-3-2-4-6-7;1-2-3(4)5;2*1-2/h6-7,12H,3-5,8-11H2,1-2H3,(H2,19,25)(H,20,30)(H,21,26)(H,22,27)(H,23,28)(H,24,29);7H,2-6H2,1H3;2H2,1H3,(H2,4,5);2*1-2H3/b7-6+;;;;. The van der Waals surface area contributed by atoms with Crippen molar-refractivity contribution in [2.24, 2.45) is 17.4 Å². The number of rotatable bonds is 15. The van der Waals surface area contributed by atoms with Gasteiger partial charge in [-0.2, -0.15) is 0 Å². The first-order chi connectivity index (χ1) is 21.9. The van der Waals surface area contributed by atoms with Gasteiger partial charge in [0.2, 0.25) is 41.4 Å². The Labute approximate surface area is 276 Å². The molecule has 1 fully saturated rings. The fraction of sp³-hybridized carbons (Fsp3) is 0.719. The molecule has 0 aromatic carbocycles. The van der Waals surface area contributed by atoms with Crippen molar-refractivity contribution in [2.75, 3.05) is 26.2 Å². The summed E-state index contributed by atoms with van der Waals surface area (Å²) in [5.74, 6) is -2.83. The first kappa shape index (κ1) is 48.9. The zero-order valence-corrected chi connectivity index (χ0v) is 29.5. The Morgan fingerprint density at radius 3 is 1.57 bits per heavy atom. The fourth-order valence-electron chi connectivity index (χ4n) is 3.27. The molecule has 1 atom stereocenters. The maximum atomic E-state index is 12.0. The molecule has 1 unspecified atom stereocenters. The van der Waals surface area contributed by atoms with Crippen LogP contribution < -0.4 is 38.1 Å². The predicted octanol–water partition coefficient (Wildman–Crippen LogP) is 1.71. The van der Waals surface area contributed by atoms with Crippen molar-refractivity contribution < 1.29 is 33.6 Å². The van der Waals surface area contributed by atoms with E-state index in [4.69, 9.17) is 5.73 Å². The van der Waals surface area contributed by atoms with E-state index in [-0.39, 0.29) is 24.9 Å². The molecule has 268 valence electrons. The highest BCUT2D eigenvalue weighted by atomic mass is 16.2. The molecule has 9 N–H and O–H groups in total. The zero-order chi connectivity index (χ0) is 36.3. The second kappa shape index (κ2) is 35.5. The topological polar surface area (TPSA) is 232 Å². The molecule has 0 bridgehead atoms. The lowest BCUT2D eigenvalue weighted by molar-refractivity contribution is -0.130. The molecule has 7 amide bonds. The molecule has 0 saturated heterocycles. The van der Waals surface area contributed by atoms with Crippen molar-refractivity contribution in [3.63, 3.8) is 0 Å². The van der Waals surface area contributed by atoms with Crippen molar-refractivity contribution in [1.29, 1.82) is 0 Å². The molecule has 1 aliphatic rings. The minimum Gasteiger partial charge on any atom is -0.370 e. The highest BCUT2D eigenvalue weighted by molar-refractivity contribution is 5.99. The van der Waals surface area contributed by atoms with Gasteiger partial charge in [0.05, 0.1) is 19.6 Å². The molecule has 46 heavy (non-hydrogen) atoms. The van der Waals surface area contributed by atoms with Crippen molar-refractivity contribution in [3.8, 4) is 0 Å². The SMILES string of the molecule is CC.CC.CC1CCCCC1.CCC(N)=O.CCCCNC(=O)C(CC)NC(=O)CNC(=O)CNC(=O)/C=C/C(=O)NCC(N)=O. The summed E-state index contributed by atoms with van der Waals surface area (Å²) in [6.07, 6.45) is 11.8. The number of nitrogens with two attached hydrogens (primary N) is 2. The molecule has 1 rings (SSSR count). The maximum absolute atomic E-state index is 12.0. The summed E-state index contributed by atoms with van der Waals surface area (Å²) in [4.78, 5) is 78.4. The second-order valence-corrected chi connectivity index (χ2v) is 9.75. The van der Waals surface area contributed by atoms with Gasteiger partial charge >= 0.3 is 0 Å². The third-order valence-corrected chi connectivity index (χ3v) is 5.82. The van der Waals surface area contributed by atoms with E-state index < -0.39 is 42.1 Å². The number of nitrogens with one attached hydrogen (secondary N) is 5. The summed E-state index contributed by atoms with van der Waals surface area (Å²) in [5, 5.41) is 11.9. The minimum atomic E-state index is -0.732. The smallest absolute Gasteiger partial charge is 0.244 e. The van der Waals surface area contributed by atoms with Crippen molar-refractivity contribution in [1.82, 2.24) is 26.6 Å². The summed E-state index contributed by atoms with van der Waals surface area (Å²) >= 11 is 0. The van der Waals surface area contributed by atoms with Crippen LogP contribution in [0.2, 0.25) is 0 Å². The van der Waals surface area contributed by atoms with E-state index in [1.807, 2.05) is 34.6 Å². The molecule has 1 aliphatic carbocycles. The molecule has 0 aromatic rings. The molecule has 14 heteroatoms. The van der Waals surface area contributed by atoms with Gasteiger partial charge in [0.25, 0.3) is 0 Å². The Kier molecular flexibility index (Phi) is 37.8. The second-order valence-electron chi connectivity index (χ2n) is 9.75. The van der Waals surface area contributed by atoms with Crippen LogP contribution in [0.3, 0.4) is 0 Å². The normalized spacial score (nSPS) is 12.3. The van der Waals surface area contributed by atoms with Gasteiger partial charge in [-0.3, -0.25) is 33.6 Å². The quantitative estimate of drug-likeness (QED) is 0.102. The number of carbonyl (C=O) groups is 7. The van der Waals surface area contributed by atoms with Crippen LogP contribution in [0, 0.1) is 5.92 Å². The summed E-state index contributed by atoms with van der Waals surface area (Å²) in [5.41, 5.74) is 9.50. The number of amides is 7. The molecular formula is C32H63N7O7. The van der Waals surface area contributed by atoms with E-state index >= 15 is 0 Å². The molecule has 1 saturated carbocycles. The molecule has 0 spiro atoms. The molecular weight excluding hydrogens is 594 g/mol. The van der Waals surface area contributed by atoms with E-state index in [2.05, 4.69) is 39.2 Å². The van der Waals surface area contributed by atoms with E-state index in [1.54, 1.807) is 13.8 Å². The van der Waals surface area contributed by atoms with Gasteiger partial charge < -0.3 is 38.1 Å². The van der Waals surface area contributed by atoms with Gasteiger partial charge in [-0.25, -0.2) is 0 Å². The van der Waals surface area contributed by atoms with Crippen LogP contribution in [-0.2, 0) is 33.6 Å². The summed E-state index contributed by atoms with van der Waals surface area (Å²) in [6, 6.07) is -0.697. The molecule has 0 heterocycles. The van der Waals surface area contributed by atoms with Crippen LogP contribution in [-0.4, -0.2) is 73.6 Å². The maximum Gasteiger partial charge on any atom is 0.244 e. The first-order valence-electron chi connectivity index (χ1n) is 16.5. The summed E-state index contributed by atoms with van der Waals surface area (Å²) < 4.78 is 0. The number of carbonyl (C=O) groups excluding carboxylic acids is 7. The lowest BCUT2D eigenvalue weighted by Gasteiger charge is -2.17. The molecule has 0 radical (unpaired) electrons. The van der Waals surface area contributed by atoms with Crippen molar-refractivity contribution in [2.45, 2.75) is 119 Å². The summed E-state index contributed by atoms with van der Waals surface area (Å²) in [6.45, 7) is 15.2. The Morgan fingerprint density at radius 2 is 1.17 bits per heavy atom. The van der Waals surface area contributed by atoms with Crippen LogP contribution in [0.5, 0.6) is 0 Å². The highest BCUT2D eigenvalue weighted by Crippen LogP contribution is 2.22. The van der Waals surface area contributed by atoms with Gasteiger partial charge in [-0.15, -0.1) is 0 Å². The monoisotopic (exact) mass is 657 g/mol. The number of unbranched alkanes of at least 4 members (excludes halogenated alkanes) is 1. The third-order valence-electron chi connectivity index (χ3n) is 5.82. The lowest BCUT2D eigenvalue weighted by atomic mass is 9.91. The van der Waals surface area contributed by atoms with Crippen LogP contribution in [0.25, 0.3) is 0 Å². The van der Waals surface area contributed by atoms with Gasteiger partial charge in [0.15, 0.2) is 0 Å². The summed E-state index contributed by atoms with van der Waals surface area (Å²) in [7, 11) is 0. The Balaban J connectivity index is -0.000000448. The number of hydrogen-bond acceptors (Lipinski definition) is 7. The van der Waals surface area contributed by atoms with Gasteiger partial charge in [0.1, 0.15) is 6.04 Å². The van der Waals surface area contributed by atoms with Crippen molar-refractivity contribution >= 4 is 41.4 Å². The Hall–Kier alpha value is -3.97. The number of hydrogen-bond donors (Lipinski definition) is 7. The van der Waals surface area contributed by atoms with E-state index in [1.165, 1.54) is 32.1 Å². The zero-order valence-electron chi connectivity index (χ0n) is 29.5.